The first-order chi connectivity index (χ1) is 13.2. The standard InChI is InChI=1S/C9HF19O3S/c10-1(11,2(12,13)4(16,17)6(20,21)8(24,25)26)3(14,15)5(18,19)7(22,23)9(27,28)32(29,30)31/h(H,29,30,31)/i5+1,7+1,9+1. The highest BCUT2D eigenvalue weighted by Gasteiger charge is 2.97. The molecule has 0 aliphatic heterocycles. The van der Waals surface area contributed by atoms with Gasteiger partial charge >= 0.3 is 63.0 Å². The summed E-state index contributed by atoms with van der Waals surface area (Å²) in [5.41, 5.74) is 0. The molecular formula is C9HF19O3S. The molecule has 0 saturated carbocycles. The van der Waals surface area contributed by atoms with Crippen molar-refractivity contribution in [2.45, 2.75) is 52.9 Å². The van der Waals surface area contributed by atoms with Crippen molar-refractivity contribution >= 4 is 10.1 Å². The van der Waals surface area contributed by atoms with Crippen molar-refractivity contribution in [3.05, 3.63) is 0 Å². The number of alkyl halides is 19. The zero-order valence-electron chi connectivity index (χ0n) is 13.4. The van der Waals surface area contributed by atoms with E-state index in [0.29, 0.717) is 0 Å². The van der Waals surface area contributed by atoms with Crippen LogP contribution in [0.3, 0.4) is 0 Å². The number of halogens is 19. The zero-order chi connectivity index (χ0) is 27.0. The molecule has 0 fully saturated rings. The molecule has 0 amide bonds. The number of rotatable bonds is 8. The summed E-state index contributed by atoms with van der Waals surface area (Å²) >= 11 is 0. The minimum absolute atomic E-state index is 7.68. The van der Waals surface area contributed by atoms with Gasteiger partial charge in [-0.15, -0.1) is 0 Å². The molecule has 0 aromatic carbocycles. The Morgan fingerprint density at radius 1 is 0.375 bits per heavy atom. The Morgan fingerprint density at radius 3 is 0.750 bits per heavy atom. The predicted molar refractivity (Wildman–Crippen MR) is 57.2 cm³/mol. The van der Waals surface area contributed by atoms with E-state index in [-0.39, 0.29) is 0 Å². The van der Waals surface area contributed by atoms with Crippen LogP contribution in [-0.2, 0) is 10.1 Å². The van der Waals surface area contributed by atoms with Gasteiger partial charge in [0.25, 0.3) is 0 Å². The van der Waals surface area contributed by atoms with Crippen LogP contribution >= 0.6 is 0 Å². The van der Waals surface area contributed by atoms with E-state index in [4.69, 9.17) is 4.55 Å². The lowest BCUT2D eigenvalue weighted by Gasteiger charge is -2.43. The topological polar surface area (TPSA) is 54.4 Å². The van der Waals surface area contributed by atoms with E-state index in [1.54, 1.807) is 0 Å². The Morgan fingerprint density at radius 2 is 0.562 bits per heavy atom. The van der Waals surface area contributed by atoms with Crippen LogP contribution in [-0.4, -0.2) is 65.9 Å². The second-order valence-corrected chi connectivity index (χ2v) is 6.97. The summed E-state index contributed by atoms with van der Waals surface area (Å²) in [4.78, 5) is 0. The van der Waals surface area contributed by atoms with Crippen molar-refractivity contribution in [2.75, 3.05) is 0 Å². The van der Waals surface area contributed by atoms with Gasteiger partial charge in [-0.3, -0.25) is 4.55 Å². The summed E-state index contributed by atoms with van der Waals surface area (Å²) < 4.78 is 270. The van der Waals surface area contributed by atoms with Crippen molar-refractivity contribution in [1.82, 2.24) is 0 Å². The van der Waals surface area contributed by atoms with Crippen LogP contribution in [0, 0.1) is 0 Å². The summed E-state index contributed by atoms with van der Waals surface area (Å²) in [6.07, 6.45) is -7.99. The second kappa shape index (κ2) is 7.04. The van der Waals surface area contributed by atoms with Crippen LogP contribution in [0.4, 0.5) is 83.4 Å². The highest BCUT2D eigenvalue weighted by atomic mass is 32.2. The highest BCUT2D eigenvalue weighted by Crippen LogP contribution is 2.65. The van der Waals surface area contributed by atoms with Gasteiger partial charge in [0, 0.05) is 0 Å². The second-order valence-electron chi connectivity index (χ2n) is 5.51. The molecule has 0 unspecified atom stereocenters. The monoisotopic (exact) mass is 553 g/mol. The van der Waals surface area contributed by atoms with E-state index in [1.165, 1.54) is 0 Å². The molecule has 32 heavy (non-hydrogen) atoms. The lowest BCUT2D eigenvalue weighted by Crippen LogP contribution is -2.76. The molecule has 3 nitrogen and oxygen atoms in total. The fourth-order valence-corrected chi connectivity index (χ4v) is 1.96. The summed E-state index contributed by atoms with van der Waals surface area (Å²) in [7, 11) is -8.00. The molecule has 23 heteroatoms. The van der Waals surface area contributed by atoms with Gasteiger partial charge in [-0.2, -0.15) is 91.8 Å². The fourth-order valence-electron chi connectivity index (χ4n) is 1.51. The molecule has 0 aliphatic rings. The van der Waals surface area contributed by atoms with E-state index in [0.717, 1.165) is 0 Å². The smallest absolute Gasteiger partial charge is 0.281 e. The third kappa shape index (κ3) is 3.43. The molecule has 0 bridgehead atoms. The maximum Gasteiger partial charge on any atom is 0.460 e. The lowest BCUT2D eigenvalue weighted by atomic mass is 9.95. The zero-order valence-corrected chi connectivity index (χ0v) is 14.2. The van der Waals surface area contributed by atoms with Gasteiger partial charge in [-0.25, -0.2) is 0 Å². The van der Waals surface area contributed by atoms with Crippen LogP contribution in [0.1, 0.15) is 0 Å². The molecular weight excluding hydrogens is 552 g/mol. The Kier molecular flexibility index (Phi) is 6.73. The van der Waals surface area contributed by atoms with Gasteiger partial charge in [0.2, 0.25) is 0 Å². The molecule has 0 spiro atoms. The third-order valence-corrected chi connectivity index (χ3v) is 4.32. The van der Waals surface area contributed by atoms with Crippen LogP contribution in [0.5, 0.6) is 0 Å². The van der Waals surface area contributed by atoms with Gasteiger partial charge in [0.15, 0.2) is 0 Å². The van der Waals surface area contributed by atoms with Gasteiger partial charge in [0.1, 0.15) is 0 Å². The van der Waals surface area contributed by atoms with E-state index in [1.807, 2.05) is 0 Å². The Hall–Kier alpha value is -1.42. The number of hydrogen-bond donors (Lipinski definition) is 1. The van der Waals surface area contributed by atoms with Crippen LogP contribution in [0.2, 0.25) is 0 Å². The minimum Gasteiger partial charge on any atom is -0.281 e. The number of hydrogen-bond acceptors (Lipinski definition) is 2. The molecule has 0 aliphatic carbocycles. The first-order valence-corrected chi connectivity index (χ1v) is 7.75. The van der Waals surface area contributed by atoms with E-state index in [2.05, 4.69) is 0 Å². The molecule has 0 aromatic rings. The molecule has 0 rings (SSSR count). The minimum atomic E-state index is -9.15. The Balaban J connectivity index is 7.06. The Bertz CT molecular complexity index is 821. The van der Waals surface area contributed by atoms with E-state index >= 15 is 0 Å². The molecule has 0 atom stereocenters. The fraction of sp³-hybridized carbons (Fsp3) is 1.00. The van der Waals surface area contributed by atoms with Gasteiger partial charge in [-0.05, 0) is 0 Å². The molecule has 194 valence electrons. The summed E-state index contributed by atoms with van der Waals surface area (Å²) in [6.45, 7) is 0. The molecule has 0 radical (unpaired) electrons. The van der Waals surface area contributed by atoms with Crippen molar-refractivity contribution in [2.24, 2.45) is 0 Å². The van der Waals surface area contributed by atoms with Gasteiger partial charge in [-0.1, -0.05) is 0 Å². The van der Waals surface area contributed by atoms with E-state index in [9.17, 15) is 91.8 Å². The largest absolute Gasteiger partial charge is 0.460 e. The normalized spacial score (nSPS) is 17.0. The molecule has 0 heterocycles. The molecule has 0 saturated heterocycles. The van der Waals surface area contributed by atoms with Gasteiger partial charge < -0.3 is 0 Å². The van der Waals surface area contributed by atoms with Crippen LogP contribution in [0.15, 0.2) is 0 Å². The van der Waals surface area contributed by atoms with Crippen molar-refractivity contribution in [3.63, 3.8) is 0 Å². The van der Waals surface area contributed by atoms with E-state index < -0.39 is 63.0 Å². The first-order valence-electron chi connectivity index (χ1n) is 6.31. The lowest BCUT2D eigenvalue weighted by molar-refractivity contribution is -0.466. The third-order valence-electron chi connectivity index (χ3n) is 3.41. The maximum atomic E-state index is 13.2. The summed E-state index contributed by atoms with van der Waals surface area (Å²) in [5, 5.41) is -7.96. The predicted octanol–water partition coefficient (Wildman–Crippen LogP) is 5.48. The van der Waals surface area contributed by atoms with Crippen molar-refractivity contribution < 1.29 is 96.4 Å². The van der Waals surface area contributed by atoms with Gasteiger partial charge in [0.05, 0.1) is 0 Å². The Labute approximate surface area is 160 Å². The SMILES string of the molecule is O=S(=O)(O)[13C](F)(F)[13C](F)(F)[13C](F)(F)C(F)(F)C(F)(F)C(F)(F)C(F)(F)C(F)(F)C(F)(F)F. The first kappa shape index (κ1) is 30.6. The highest BCUT2D eigenvalue weighted by molar-refractivity contribution is 7.87. The summed E-state index contributed by atoms with van der Waals surface area (Å²) in [5.74, 6) is -62.2. The summed E-state index contributed by atoms with van der Waals surface area (Å²) in [6, 6.07) is 0. The quantitative estimate of drug-likeness (QED) is 0.247. The molecule has 1 N–H and O–H groups in total. The average Bonchev–Trinajstić information content (AvgIpc) is 2.51. The average molecular weight is 553 g/mol. The van der Waals surface area contributed by atoms with Crippen LogP contribution < -0.4 is 0 Å². The van der Waals surface area contributed by atoms with Crippen molar-refractivity contribution in [3.8, 4) is 0 Å². The van der Waals surface area contributed by atoms with Crippen molar-refractivity contribution in [1.29, 1.82) is 0 Å². The van der Waals surface area contributed by atoms with Crippen LogP contribution in [0.25, 0.3) is 0 Å². The maximum absolute atomic E-state index is 13.2. The molecule has 0 aromatic heterocycles.